The highest BCUT2D eigenvalue weighted by molar-refractivity contribution is 5.78. The zero-order valence-electron chi connectivity index (χ0n) is 13.4. The van der Waals surface area contributed by atoms with Crippen molar-refractivity contribution in [2.75, 3.05) is 32.7 Å². The molecule has 0 aliphatic carbocycles. The molecule has 1 N–H and O–H groups in total. The van der Waals surface area contributed by atoms with Crippen LogP contribution in [0.2, 0.25) is 0 Å². The number of piperazine rings is 1. The fourth-order valence-electron chi connectivity index (χ4n) is 2.88. The number of nitrogens with zero attached hydrogens (tertiary/aromatic N) is 2. The van der Waals surface area contributed by atoms with Gasteiger partial charge in [-0.3, -0.25) is 9.69 Å². The van der Waals surface area contributed by atoms with E-state index in [-0.39, 0.29) is 18.1 Å². The maximum absolute atomic E-state index is 12.9. The van der Waals surface area contributed by atoms with E-state index in [1.807, 2.05) is 4.90 Å². The first-order chi connectivity index (χ1) is 11.6. The fraction of sp³-hybridized carbons (Fsp3) is 0.389. The smallest absolute Gasteiger partial charge is 0.227 e. The van der Waals surface area contributed by atoms with E-state index in [4.69, 9.17) is 4.42 Å². The lowest BCUT2D eigenvalue weighted by atomic mass is 10.1. The maximum atomic E-state index is 12.9. The minimum Gasteiger partial charge on any atom is -0.467 e. The standard InChI is InChI=1S/C18H21FN2O3/c19-15-5-3-14(4-6-15)12-18(23)21-9-7-20(8-10-21)13-16(22)17-2-1-11-24-17/h1-6,11,16,22H,7-10,12-13H2. The molecular formula is C18H21FN2O3. The fourth-order valence-corrected chi connectivity index (χ4v) is 2.88. The highest BCUT2D eigenvalue weighted by atomic mass is 19.1. The summed E-state index contributed by atoms with van der Waals surface area (Å²) in [5, 5.41) is 10.1. The molecule has 0 spiro atoms. The molecular weight excluding hydrogens is 311 g/mol. The Labute approximate surface area is 140 Å². The van der Waals surface area contributed by atoms with Crippen LogP contribution in [0.5, 0.6) is 0 Å². The van der Waals surface area contributed by atoms with Crippen LogP contribution < -0.4 is 0 Å². The monoisotopic (exact) mass is 332 g/mol. The lowest BCUT2D eigenvalue weighted by Crippen LogP contribution is -2.50. The first-order valence-corrected chi connectivity index (χ1v) is 8.08. The molecule has 1 aromatic heterocycles. The average Bonchev–Trinajstić information content (AvgIpc) is 3.12. The van der Waals surface area contributed by atoms with Gasteiger partial charge >= 0.3 is 0 Å². The molecule has 2 aromatic rings. The number of aliphatic hydroxyl groups excluding tert-OH is 1. The summed E-state index contributed by atoms with van der Waals surface area (Å²) < 4.78 is 18.1. The Morgan fingerprint density at radius 2 is 1.88 bits per heavy atom. The van der Waals surface area contributed by atoms with Gasteiger partial charge < -0.3 is 14.4 Å². The predicted octanol–water partition coefficient (Wildman–Crippen LogP) is 1.84. The number of carbonyl (C=O) groups excluding carboxylic acids is 1. The molecule has 1 aromatic carbocycles. The predicted molar refractivity (Wildman–Crippen MR) is 86.8 cm³/mol. The van der Waals surface area contributed by atoms with Crippen LogP contribution >= 0.6 is 0 Å². The van der Waals surface area contributed by atoms with Crippen LogP contribution in [0.4, 0.5) is 4.39 Å². The molecule has 24 heavy (non-hydrogen) atoms. The van der Waals surface area contributed by atoms with Gasteiger partial charge in [0.15, 0.2) is 0 Å². The number of aliphatic hydroxyl groups is 1. The summed E-state index contributed by atoms with van der Waals surface area (Å²) in [6.45, 7) is 3.18. The Kier molecular flexibility index (Phi) is 5.27. The third-order valence-corrected chi connectivity index (χ3v) is 4.30. The van der Waals surface area contributed by atoms with Gasteiger partial charge in [-0.15, -0.1) is 0 Å². The average molecular weight is 332 g/mol. The van der Waals surface area contributed by atoms with Crippen molar-refractivity contribution < 1.29 is 18.7 Å². The zero-order chi connectivity index (χ0) is 16.9. The topological polar surface area (TPSA) is 56.9 Å². The molecule has 1 fully saturated rings. The van der Waals surface area contributed by atoms with Crippen molar-refractivity contribution in [1.29, 1.82) is 0 Å². The number of benzene rings is 1. The molecule has 0 bridgehead atoms. The molecule has 1 amide bonds. The second-order valence-electron chi connectivity index (χ2n) is 6.02. The van der Waals surface area contributed by atoms with E-state index in [0.29, 0.717) is 38.5 Å². The van der Waals surface area contributed by atoms with E-state index >= 15 is 0 Å². The first kappa shape index (κ1) is 16.7. The molecule has 1 saturated heterocycles. The lowest BCUT2D eigenvalue weighted by Gasteiger charge is -2.35. The Balaban J connectivity index is 1.46. The third-order valence-electron chi connectivity index (χ3n) is 4.30. The van der Waals surface area contributed by atoms with Gasteiger partial charge in [0.25, 0.3) is 0 Å². The molecule has 2 heterocycles. The van der Waals surface area contributed by atoms with E-state index in [9.17, 15) is 14.3 Å². The van der Waals surface area contributed by atoms with E-state index in [0.717, 1.165) is 5.56 Å². The summed E-state index contributed by atoms with van der Waals surface area (Å²) >= 11 is 0. The van der Waals surface area contributed by atoms with E-state index in [1.54, 1.807) is 30.5 Å². The summed E-state index contributed by atoms with van der Waals surface area (Å²) in [4.78, 5) is 16.3. The van der Waals surface area contributed by atoms with Crippen molar-refractivity contribution in [2.24, 2.45) is 0 Å². The van der Waals surface area contributed by atoms with Crippen LogP contribution in [0, 0.1) is 5.82 Å². The summed E-state index contributed by atoms with van der Waals surface area (Å²) in [7, 11) is 0. The maximum Gasteiger partial charge on any atom is 0.227 e. The Morgan fingerprint density at radius 3 is 2.50 bits per heavy atom. The van der Waals surface area contributed by atoms with Gasteiger partial charge in [0, 0.05) is 32.7 Å². The zero-order valence-corrected chi connectivity index (χ0v) is 13.4. The van der Waals surface area contributed by atoms with Crippen molar-refractivity contribution in [3.63, 3.8) is 0 Å². The molecule has 1 atom stereocenters. The van der Waals surface area contributed by atoms with Crippen molar-refractivity contribution in [1.82, 2.24) is 9.80 Å². The van der Waals surface area contributed by atoms with Gasteiger partial charge in [-0.05, 0) is 29.8 Å². The Bertz CT molecular complexity index is 649. The van der Waals surface area contributed by atoms with Crippen molar-refractivity contribution >= 4 is 5.91 Å². The molecule has 5 nitrogen and oxygen atoms in total. The van der Waals surface area contributed by atoms with Gasteiger partial charge in [-0.2, -0.15) is 0 Å². The van der Waals surface area contributed by atoms with Crippen LogP contribution in [0.25, 0.3) is 0 Å². The summed E-state index contributed by atoms with van der Waals surface area (Å²) in [5.41, 5.74) is 0.817. The molecule has 1 unspecified atom stereocenters. The molecule has 0 saturated carbocycles. The van der Waals surface area contributed by atoms with E-state index in [1.165, 1.54) is 12.1 Å². The molecule has 128 valence electrons. The largest absolute Gasteiger partial charge is 0.467 e. The number of amides is 1. The highest BCUT2D eigenvalue weighted by Crippen LogP contribution is 2.16. The molecule has 0 radical (unpaired) electrons. The van der Waals surface area contributed by atoms with Gasteiger partial charge in [-0.25, -0.2) is 4.39 Å². The van der Waals surface area contributed by atoms with Crippen molar-refractivity contribution in [2.45, 2.75) is 12.5 Å². The van der Waals surface area contributed by atoms with E-state index < -0.39 is 6.10 Å². The summed E-state index contributed by atoms with van der Waals surface area (Å²) in [6, 6.07) is 9.54. The minimum atomic E-state index is -0.651. The number of furan rings is 1. The van der Waals surface area contributed by atoms with Gasteiger partial charge in [0.05, 0.1) is 12.7 Å². The third kappa shape index (κ3) is 4.21. The van der Waals surface area contributed by atoms with E-state index in [2.05, 4.69) is 4.90 Å². The quantitative estimate of drug-likeness (QED) is 0.908. The van der Waals surface area contributed by atoms with Crippen LogP contribution in [-0.2, 0) is 11.2 Å². The van der Waals surface area contributed by atoms with Crippen molar-refractivity contribution in [3.8, 4) is 0 Å². The number of rotatable bonds is 5. The number of hydrogen-bond donors (Lipinski definition) is 1. The first-order valence-electron chi connectivity index (χ1n) is 8.08. The second-order valence-corrected chi connectivity index (χ2v) is 6.02. The minimum absolute atomic E-state index is 0.0489. The number of β-amino-alcohol motifs (C(OH)–C–C–N with tert-alkyl or cyclic N) is 1. The Hall–Kier alpha value is -2.18. The van der Waals surface area contributed by atoms with Gasteiger partial charge in [-0.1, -0.05) is 12.1 Å². The van der Waals surface area contributed by atoms with Gasteiger partial charge in [0.2, 0.25) is 5.91 Å². The lowest BCUT2D eigenvalue weighted by molar-refractivity contribution is -0.132. The number of hydrogen-bond acceptors (Lipinski definition) is 4. The molecule has 6 heteroatoms. The normalized spacial score (nSPS) is 17.0. The molecule has 3 rings (SSSR count). The van der Waals surface area contributed by atoms with Gasteiger partial charge in [0.1, 0.15) is 17.7 Å². The van der Waals surface area contributed by atoms with Crippen LogP contribution in [0.3, 0.4) is 0 Å². The summed E-state index contributed by atoms with van der Waals surface area (Å²) in [6.07, 6.45) is 1.18. The summed E-state index contributed by atoms with van der Waals surface area (Å²) in [5.74, 6) is 0.313. The van der Waals surface area contributed by atoms with Crippen LogP contribution in [0.15, 0.2) is 47.1 Å². The number of halogens is 1. The second kappa shape index (κ2) is 7.59. The highest BCUT2D eigenvalue weighted by Gasteiger charge is 2.23. The van der Waals surface area contributed by atoms with Crippen LogP contribution in [-0.4, -0.2) is 53.5 Å². The molecule has 1 aliphatic rings. The number of carbonyl (C=O) groups is 1. The Morgan fingerprint density at radius 1 is 1.17 bits per heavy atom. The van der Waals surface area contributed by atoms with Crippen molar-refractivity contribution in [3.05, 3.63) is 59.8 Å². The molecule has 1 aliphatic heterocycles. The van der Waals surface area contributed by atoms with Crippen LogP contribution in [0.1, 0.15) is 17.4 Å². The SMILES string of the molecule is O=C(Cc1ccc(F)cc1)N1CCN(CC(O)c2ccco2)CC1.